The van der Waals surface area contributed by atoms with E-state index in [0.717, 1.165) is 24.7 Å². The van der Waals surface area contributed by atoms with Gasteiger partial charge in [-0.15, -0.1) is 35.3 Å². The average Bonchev–Trinajstić information content (AvgIpc) is 3.14. The Bertz CT molecular complexity index is 552. The first-order chi connectivity index (χ1) is 10.1. The quantitative estimate of drug-likeness (QED) is 0.416. The number of hydrogen-bond acceptors (Lipinski definition) is 4. The Labute approximate surface area is 152 Å². The number of halogens is 1. The van der Waals surface area contributed by atoms with Crippen molar-refractivity contribution in [1.82, 2.24) is 15.8 Å². The molecule has 2 aromatic rings. The summed E-state index contributed by atoms with van der Waals surface area (Å²) >= 11 is 1.78. The average molecular weight is 434 g/mol. The predicted molar refractivity (Wildman–Crippen MR) is 102 cm³/mol. The first-order valence-corrected chi connectivity index (χ1v) is 7.95. The second-order valence-electron chi connectivity index (χ2n) is 5.40. The van der Waals surface area contributed by atoms with Crippen LogP contribution in [0.2, 0.25) is 0 Å². The molecule has 0 amide bonds. The van der Waals surface area contributed by atoms with Crippen molar-refractivity contribution in [2.75, 3.05) is 13.1 Å². The second kappa shape index (κ2) is 9.14. The molecule has 7 heteroatoms. The van der Waals surface area contributed by atoms with Gasteiger partial charge in [-0.3, -0.25) is 0 Å². The largest absolute Gasteiger partial charge is 0.364 e. The molecule has 2 heterocycles. The molecular weight excluding hydrogens is 411 g/mol. The van der Waals surface area contributed by atoms with Gasteiger partial charge in [-0.05, 0) is 18.4 Å². The normalized spacial score (nSPS) is 11.9. The van der Waals surface area contributed by atoms with E-state index in [4.69, 9.17) is 4.52 Å². The molecule has 0 aliphatic rings. The third kappa shape index (κ3) is 5.60. The molecule has 0 atom stereocenters. The lowest BCUT2D eigenvalue weighted by atomic mass is 9.91. The molecule has 0 bridgehead atoms. The number of aromatic nitrogens is 1. The summed E-state index contributed by atoms with van der Waals surface area (Å²) in [6.45, 7) is 8.66. The fourth-order valence-corrected chi connectivity index (χ4v) is 2.73. The number of hydrogen-bond donors (Lipinski definition) is 2. The molecule has 0 radical (unpaired) electrons. The molecule has 0 aromatic carbocycles. The van der Waals surface area contributed by atoms with Crippen molar-refractivity contribution >= 4 is 41.3 Å². The fraction of sp³-hybridized carbons (Fsp3) is 0.467. The molecule has 0 saturated heterocycles. The van der Waals surface area contributed by atoms with Gasteiger partial charge in [0, 0.05) is 29.4 Å². The molecule has 22 heavy (non-hydrogen) atoms. The number of guanidine groups is 1. The van der Waals surface area contributed by atoms with Crippen LogP contribution in [0.1, 0.15) is 31.3 Å². The van der Waals surface area contributed by atoms with E-state index in [1.807, 2.05) is 6.07 Å². The van der Waals surface area contributed by atoms with Crippen molar-refractivity contribution in [3.63, 3.8) is 0 Å². The lowest BCUT2D eigenvalue weighted by molar-refractivity contribution is 0.412. The van der Waals surface area contributed by atoms with E-state index in [1.54, 1.807) is 17.6 Å². The van der Waals surface area contributed by atoms with Crippen molar-refractivity contribution in [2.24, 2.45) is 4.99 Å². The first-order valence-electron chi connectivity index (χ1n) is 7.07. The lowest BCUT2D eigenvalue weighted by Crippen LogP contribution is -2.43. The van der Waals surface area contributed by atoms with Crippen LogP contribution < -0.4 is 10.6 Å². The van der Waals surface area contributed by atoms with E-state index in [1.165, 1.54) is 4.88 Å². The van der Waals surface area contributed by atoms with Crippen LogP contribution in [0.3, 0.4) is 0 Å². The van der Waals surface area contributed by atoms with Crippen LogP contribution in [0.4, 0.5) is 0 Å². The minimum absolute atomic E-state index is 0. The Kier molecular flexibility index (Phi) is 7.88. The highest BCUT2D eigenvalue weighted by atomic mass is 127. The maximum atomic E-state index is 4.81. The Hall–Kier alpha value is -1.09. The standard InChI is InChI=1S/C15H22N4OS.HI/c1-4-16-14(17-10-12-7-8-20-19-12)18-11-15(2,3)13-6-5-9-21-13;/h5-9H,4,10-11H2,1-3H3,(H2,16,17,18);1H. The Morgan fingerprint density at radius 2 is 2.18 bits per heavy atom. The van der Waals surface area contributed by atoms with Gasteiger partial charge in [-0.25, -0.2) is 4.99 Å². The zero-order valence-corrected chi connectivity index (χ0v) is 16.3. The van der Waals surface area contributed by atoms with Crippen molar-refractivity contribution in [1.29, 1.82) is 0 Å². The van der Waals surface area contributed by atoms with Crippen LogP contribution in [0.5, 0.6) is 0 Å². The number of thiophene rings is 1. The van der Waals surface area contributed by atoms with E-state index < -0.39 is 0 Å². The molecular formula is C15H23IN4OS. The zero-order valence-electron chi connectivity index (χ0n) is 13.1. The van der Waals surface area contributed by atoms with Gasteiger partial charge in [0.05, 0.1) is 6.54 Å². The third-order valence-corrected chi connectivity index (χ3v) is 4.36. The summed E-state index contributed by atoms with van der Waals surface area (Å²) in [5, 5.41) is 12.6. The summed E-state index contributed by atoms with van der Waals surface area (Å²) in [5.41, 5.74) is 0.892. The molecule has 2 rings (SSSR count). The van der Waals surface area contributed by atoms with Crippen molar-refractivity contribution < 1.29 is 4.52 Å². The van der Waals surface area contributed by atoms with Gasteiger partial charge in [-0.2, -0.15) is 0 Å². The molecule has 2 aromatic heterocycles. The van der Waals surface area contributed by atoms with Gasteiger partial charge in [0.1, 0.15) is 12.0 Å². The van der Waals surface area contributed by atoms with E-state index in [2.05, 4.69) is 59.1 Å². The zero-order chi connectivity index (χ0) is 15.1. The van der Waals surface area contributed by atoms with Gasteiger partial charge in [0.2, 0.25) is 0 Å². The van der Waals surface area contributed by atoms with Crippen LogP contribution in [-0.2, 0) is 12.0 Å². The number of rotatable bonds is 6. The monoisotopic (exact) mass is 434 g/mol. The molecule has 0 unspecified atom stereocenters. The van der Waals surface area contributed by atoms with E-state index in [9.17, 15) is 0 Å². The Morgan fingerprint density at radius 1 is 1.36 bits per heavy atom. The summed E-state index contributed by atoms with van der Waals surface area (Å²) in [6.07, 6.45) is 1.56. The maximum Gasteiger partial charge on any atom is 0.191 e. The van der Waals surface area contributed by atoms with Crippen molar-refractivity contribution in [3.05, 3.63) is 40.4 Å². The van der Waals surface area contributed by atoms with Crippen LogP contribution >= 0.6 is 35.3 Å². The SMILES string of the molecule is CCNC(=NCc1ccon1)NCC(C)(C)c1cccs1.I. The minimum atomic E-state index is 0. The molecule has 0 fully saturated rings. The number of aliphatic imine (C=N–C) groups is 1. The van der Waals surface area contributed by atoms with E-state index >= 15 is 0 Å². The summed E-state index contributed by atoms with van der Waals surface area (Å²) in [5.74, 6) is 0.796. The summed E-state index contributed by atoms with van der Waals surface area (Å²) in [4.78, 5) is 5.88. The summed E-state index contributed by atoms with van der Waals surface area (Å²) in [6, 6.07) is 6.08. The van der Waals surface area contributed by atoms with Crippen LogP contribution in [0.25, 0.3) is 0 Å². The summed E-state index contributed by atoms with van der Waals surface area (Å²) in [7, 11) is 0. The van der Waals surface area contributed by atoms with Crippen LogP contribution in [0, 0.1) is 0 Å². The topological polar surface area (TPSA) is 62.5 Å². The molecule has 122 valence electrons. The van der Waals surface area contributed by atoms with Crippen molar-refractivity contribution in [2.45, 2.75) is 32.7 Å². The number of nitrogens with zero attached hydrogens (tertiary/aromatic N) is 2. The van der Waals surface area contributed by atoms with E-state index in [-0.39, 0.29) is 29.4 Å². The molecule has 0 saturated carbocycles. The third-order valence-electron chi connectivity index (χ3n) is 3.12. The fourth-order valence-electron chi connectivity index (χ4n) is 1.88. The maximum absolute atomic E-state index is 4.81. The molecule has 0 spiro atoms. The highest BCUT2D eigenvalue weighted by Crippen LogP contribution is 2.26. The second-order valence-corrected chi connectivity index (χ2v) is 6.35. The lowest BCUT2D eigenvalue weighted by Gasteiger charge is -2.25. The number of nitrogens with one attached hydrogen (secondary N) is 2. The molecule has 0 aliphatic carbocycles. The summed E-state index contributed by atoms with van der Waals surface area (Å²) < 4.78 is 4.81. The van der Waals surface area contributed by atoms with Gasteiger partial charge in [-0.1, -0.05) is 25.1 Å². The highest BCUT2D eigenvalue weighted by Gasteiger charge is 2.21. The van der Waals surface area contributed by atoms with Crippen LogP contribution in [0.15, 0.2) is 39.4 Å². The Morgan fingerprint density at radius 3 is 2.77 bits per heavy atom. The first kappa shape index (κ1) is 19.0. The Balaban J connectivity index is 0.00000242. The van der Waals surface area contributed by atoms with Gasteiger partial charge < -0.3 is 15.2 Å². The van der Waals surface area contributed by atoms with Crippen molar-refractivity contribution in [3.8, 4) is 0 Å². The van der Waals surface area contributed by atoms with Gasteiger partial charge in [0.25, 0.3) is 0 Å². The van der Waals surface area contributed by atoms with E-state index in [0.29, 0.717) is 6.54 Å². The predicted octanol–water partition coefficient (Wildman–Crippen LogP) is 3.39. The highest BCUT2D eigenvalue weighted by molar-refractivity contribution is 14.0. The van der Waals surface area contributed by atoms with Gasteiger partial charge >= 0.3 is 0 Å². The molecule has 2 N–H and O–H groups in total. The van der Waals surface area contributed by atoms with Crippen LogP contribution in [-0.4, -0.2) is 24.2 Å². The smallest absolute Gasteiger partial charge is 0.191 e. The van der Waals surface area contributed by atoms with Gasteiger partial charge in [0.15, 0.2) is 5.96 Å². The molecule has 5 nitrogen and oxygen atoms in total. The minimum Gasteiger partial charge on any atom is -0.364 e. The molecule has 0 aliphatic heterocycles.